The molecule has 20 bridgehead atoms. The third-order valence-corrected chi connectivity index (χ3v) is 37.0. The summed E-state index contributed by atoms with van der Waals surface area (Å²) in [5.74, 6) is 22.8. The van der Waals surface area contributed by atoms with Crippen molar-refractivity contribution in [1.82, 2.24) is 0 Å². The molecule has 596 valence electrons. The summed E-state index contributed by atoms with van der Waals surface area (Å²) in [4.78, 5) is 0. The van der Waals surface area contributed by atoms with Crippen molar-refractivity contribution in [2.24, 2.45) is 82.9 Å². The summed E-state index contributed by atoms with van der Waals surface area (Å²) in [5.41, 5.74) is 25.5. The fourth-order valence-electron chi connectivity index (χ4n) is 31.6. The van der Waals surface area contributed by atoms with E-state index in [0.717, 1.165) is 124 Å². The molecule has 30 unspecified atom stereocenters. The van der Waals surface area contributed by atoms with E-state index in [4.69, 9.17) is 14.2 Å². The molecule has 6 saturated heterocycles. The Labute approximate surface area is 678 Å². The number of aryl methyl sites for hydroxylation is 4. The smallest absolute Gasteiger partial charge is 0.0649 e. The summed E-state index contributed by atoms with van der Waals surface area (Å²) in [6, 6.07) is 47.8. The fourth-order valence-corrected chi connectivity index (χ4v) is 31.6. The van der Waals surface area contributed by atoms with Crippen LogP contribution in [0.25, 0.3) is 0 Å². The molecule has 20 aliphatic rings. The maximum atomic E-state index is 6.08. The summed E-state index contributed by atoms with van der Waals surface area (Å²) in [6.07, 6.45) is 56.7. The van der Waals surface area contributed by atoms with E-state index in [-0.39, 0.29) is 0 Å². The standard InChI is InChI=1S/3C21H28.C19H24O2.C14H18.C13H16O/c1-13-6-18(20-10-14-2-4-16(20)8-14)12-19(7-13)21-11-15-3-5-17(21)9-15;1-13-8-16(20-11-14-2-4-17(20)9-14)6-7-19(13)21-12-15-3-5-18(21)10-15;1-13-18(20-11-14-5-7-16(20)9-14)3-2-4-19(13)21-12-15-6-8-17(21)10-15;1-11-14(16-9-12-5-7-18(16)20-12)3-2-4-15(11)17-10-13-6-8-19(17)21-13;1-10-2-5-12(6-3-10)14-9-11-4-7-13(14)8-11;1-9-2-4-10(5-3-9)12-8-11-6-7-13(12)14-11/h6-7,12,14-17,20-21H,2-5,8-11H2,1H3;6-8,14-15,17-18,20-21H,2-5,9-12H2,1H3;2-4,14-17,20-21H,5-12H2,1H3;2-4,12-13,16-19H,5-10H2,1H3;2-3,5-6,11,13-14H,4,7-9H2,1H3;2-5,11-13H,6-8H2,1H3. The molecular weight excluding hydrogens is 1360 g/mol. The first kappa shape index (κ1) is 74.7. The molecule has 0 amide bonds. The average Bonchev–Trinajstić information content (AvgIpc) is 1.68. The lowest BCUT2D eigenvalue weighted by Gasteiger charge is -2.28. The van der Waals surface area contributed by atoms with Crippen LogP contribution in [-0.4, -0.2) is 36.6 Å². The molecule has 6 aliphatic heterocycles. The van der Waals surface area contributed by atoms with Crippen molar-refractivity contribution in [3.63, 3.8) is 0 Å². The third kappa shape index (κ3) is 14.8. The van der Waals surface area contributed by atoms with E-state index < -0.39 is 0 Å². The highest BCUT2D eigenvalue weighted by molar-refractivity contribution is 5.44. The minimum Gasteiger partial charge on any atom is -0.374 e. The normalized spacial score (nSPS) is 41.7. The van der Waals surface area contributed by atoms with Gasteiger partial charge in [0.15, 0.2) is 0 Å². The molecule has 26 rings (SSSR count). The van der Waals surface area contributed by atoms with Crippen molar-refractivity contribution in [2.45, 2.75) is 375 Å². The van der Waals surface area contributed by atoms with Crippen LogP contribution in [0.1, 0.15) is 386 Å². The van der Waals surface area contributed by atoms with Crippen molar-refractivity contribution in [2.75, 3.05) is 0 Å². The second kappa shape index (κ2) is 31.5. The van der Waals surface area contributed by atoms with Crippen LogP contribution < -0.4 is 0 Å². The molecule has 3 nitrogen and oxygen atoms in total. The van der Waals surface area contributed by atoms with Gasteiger partial charge in [0.1, 0.15) is 0 Å². The molecule has 6 aromatic carbocycles. The Morgan fingerprint density at radius 2 is 0.500 bits per heavy atom. The first-order valence-corrected chi connectivity index (χ1v) is 48.3. The molecule has 14 aliphatic carbocycles. The van der Waals surface area contributed by atoms with E-state index in [1.165, 1.54) is 265 Å². The van der Waals surface area contributed by atoms with Crippen molar-refractivity contribution in [3.8, 4) is 0 Å². The van der Waals surface area contributed by atoms with Crippen molar-refractivity contribution >= 4 is 0 Å². The molecule has 3 heteroatoms. The fraction of sp³-hybridized carbons (Fsp3) is 0.670. The minimum absolute atomic E-state index is 0.486. The number of hydrogen-bond acceptors (Lipinski definition) is 3. The molecular formula is C109H142O3. The van der Waals surface area contributed by atoms with Gasteiger partial charge in [-0.1, -0.05) is 183 Å². The van der Waals surface area contributed by atoms with Gasteiger partial charge < -0.3 is 14.2 Å². The van der Waals surface area contributed by atoms with Crippen molar-refractivity contribution < 1.29 is 14.2 Å². The molecule has 0 spiro atoms. The van der Waals surface area contributed by atoms with E-state index in [9.17, 15) is 0 Å². The average molecular weight is 1500 g/mol. The molecule has 30 atom stereocenters. The molecule has 6 heterocycles. The third-order valence-electron chi connectivity index (χ3n) is 37.0. The van der Waals surface area contributed by atoms with Crippen molar-refractivity contribution in [3.05, 3.63) is 210 Å². The lowest BCUT2D eigenvalue weighted by molar-refractivity contribution is 0.1000. The van der Waals surface area contributed by atoms with Crippen LogP contribution in [0.15, 0.2) is 121 Å². The summed E-state index contributed by atoms with van der Waals surface area (Å²) in [7, 11) is 0. The number of hydrogen-bond donors (Lipinski definition) is 0. The van der Waals surface area contributed by atoms with Crippen LogP contribution in [0.4, 0.5) is 0 Å². The number of ether oxygens (including phenoxy) is 3. The van der Waals surface area contributed by atoms with E-state index in [2.05, 4.69) is 163 Å². The highest BCUT2D eigenvalue weighted by Gasteiger charge is 2.50. The van der Waals surface area contributed by atoms with Gasteiger partial charge in [-0.05, 0) is 431 Å². The van der Waals surface area contributed by atoms with Crippen molar-refractivity contribution in [1.29, 1.82) is 0 Å². The second-order valence-corrected chi connectivity index (χ2v) is 43.4. The van der Waals surface area contributed by atoms with E-state index in [1.54, 1.807) is 61.2 Å². The first-order chi connectivity index (χ1) is 54.8. The topological polar surface area (TPSA) is 27.7 Å². The van der Waals surface area contributed by atoms with Gasteiger partial charge in [-0.25, -0.2) is 0 Å². The SMILES string of the molecule is Cc1c(C2CC3CCC2C3)cccc1C1CC2CCC1C2.Cc1c(C2CC3CCC2O3)cccc1C1CC2CCC1O2.Cc1cc(C2CC3CCC2C3)cc(C2CC3CCC2C3)c1.Cc1cc(C2CC3CCC2C3)ccc1C1CC2CCC1C2.Cc1ccc(C2CC3CCC2C3)cc1.Cc1ccc(C2CC3CCC2O3)cc1. The van der Waals surface area contributed by atoms with Crippen LogP contribution >= 0.6 is 0 Å². The van der Waals surface area contributed by atoms with Crippen LogP contribution in [0.5, 0.6) is 0 Å². The lowest BCUT2D eigenvalue weighted by atomic mass is 9.76. The Bertz CT molecular complexity index is 3980. The highest BCUT2D eigenvalue weighted by Crippen LogP contribution is 2.62. The number of benzene rings is 6. The molecule has 0 aromatic heterocycles. The number of fused-ring (bicyclic) bond motifs is 20. The maximum absolute atomic E-state index is 6.08. The Kier molecular flexibility index (Phi) is 21.0. The van der Waals surface area contributed by atoms with E-state index >= 15 is 0 Å². The van der Waals surface area contributed by atoms with Gasteiger partial charge in [-0.2, -0.15) is 0 Å². The molecule has 0 N–H and O–H groups in total. The predicted octanol–water partition coefficient (Wildman–Crippen LogP) is 28.4. The summed E-state index contributed by atoms with van der Waals surface area (Å²) < 4.78 is 18.0. The molecule has 14 saturated carbocycles. The number of rotatable bonds is 10. The van der Waals surface area contributed by atoms with Gasteiger partial charge in [-0.15, -0.1) is 0 Å². The highest BCUT2D eigenvalue weighted by atomic mass is 16.5. The van der Waals surface area contributed by atoms with Gasteiger partial charge in [0, 0.05) is 17.8 Å². The van der Waals surface area contributed by atoms with Gasteiger partial charge in [0.05, 0.1) is 36.6 Å². The Morgan fingerprint density at radius 1 is 0.205 bits per heavy atom. The summed E-state index contributed by atoms with van der Waals surface area (Å²) in [6.45, 7) is 13.8. The Morgan fingerprint density at radius 3 is 0.804 bits per heavy atom. The zero-order chi connectivity index (χ0) is 75.0. The first-order valence-electron chi connectivity index (χ1n) is 48.3. The zero-order valence-corrected chi connectivity index (χ0v) is 70.3. The monoisotopic (exact) mass is 1500 g/mol. The Balaban J connectivity index is 0.0000000855. The molecule has 112 heavy (non-hydrogen) atoms. The van der Waals surface area contributed by atoms with E-state index in [0.29, 0.717) is 54.4 Å². The summed E-state index contributed by atoms with van der Waals surface area (Å²) in [5, 5.41) is 0. The Hall–Kier alpha value is -4.80. The van der Waals surface area contributed by atoms with Gasteiger partial charge >= 0.3 is 0 Å². The second-order valence-electron chi connectivity index (χ2n) is 43.4. The van der Waals surface area contributed by atoms with Crippen LogP contribution in [-0.2, 0) is 14.2 Å². The van der Waals surface area contributed by atoms with Crippen LogP contribution in [0, 0.1) is 124 Å². The van der Waals surface area contributed by atoms with E-state index in [1.807, 2.05) is 0 Å². The largest absolute Gasteiger partial charge is 0.374 e. The zero-order valence-electron chi connectivity index (χ0n) is 70.3. The molecule has 0 radical (unpaired) electrons. The van der Waals surface area contributed by atoms with Gasteiger partial charge in [0.2, 0.25) is 0 Å². The quantitative estimate of drug-likeness (QED) is 0.137. The van der Waals surface area contributed by atoms with Gasteiger partial charge in [-0.3, -0.25) is 0 Å². The lowest BCUT2D eigenvalue weighted by Crippen LogP contribution is -2.19. The van der Waals surface area contributed by atoms with Crippen LogP contribution in [0.3, 0.4) is 0 Å². The van der Waals surface area contributed by atoms with Gasteiger partial charge in [0.25, 0.3) is 0 Å². The minimum atomic E-state index is 0.486. The predicted molar refractivity (Wildman–Crippen MR) is 460 cm³/mol. The summed E-state index contributed by atoms with van der Waals surface area (Å²) >= 11 is 0. The molecule has 6 aromatic rings. The maximum Gasteiger partial charge on any atom is 0.0649 e. The van der Waals surface area contributed by atoms with Crippen LogP contribution in [0.2, 0.25) is 0 Å². The molecule has 20 fully saturated rings.